The van der Waals surface area contributed by atoms with Crippen molar-refractivity contribution in [1.29, 1.82) is 0 Å². The lowest BCUT2D eigenvalue weighted by molar-refractivity contribution is 0.0947. The summed E-state index contributed by atoms with van der Waals surface area (Å²) in [5, 5.41) is 3.27. The number of hydrogen-bond acceptors (Lipinski definition) is 3. The maximum absolute atomic E-state index is 11.8. The molecule has 1 saturated heterocycles. The summed E-state index contributed by atoms with van der Waals surface area (Å²) in [7, 11) is 1.52. The summed E-state index contributed by atoms with van der Waals surface area (Å²) < 4.78 is 10.1. The van der Waals surface area contributed by atoms with Crippen LogP contribution in [0.1, 0.15) is 10.4 Å². The van der Waals surface area contributed by atoms with Gasteiger partial charge in [-0.15, -0.1) is 0 Å². The van der Waals surface area contributed by atoms with Crippen LogP contribution < -0.4 is 10.1 Å². The van der Waals surface area contributed by atoms with E-state index in [1.807, 2.05) is 0 Å². The van der Waals surface area contributed by atoms with Crippen molar-refractivity contribution >= 4 is 17.5 Å². The zero-order valence-electron chi connectivity index (χ0n) is 8.83. The molecule has 16 heavy (non-hydrogen) atoms. The van der Waals surface area contributed by atoms with Gasteiger partial charge in [0.2, 0.25) is 0 Å². The van der Waals surface area contributed by atoms with Crippen LogP contribution in [0.5, 0.6) is 5.75 Å². The number of ether oxygens (including phenoxy) is 2. The van der Waals surface area contributed by atoms with E-state index in [0.29, 0.717) is 29.5 Å². The molecule has 1 fully saturated rings. The van der Waals surface area contributed by atoms with E-state index in [-0.39, 0.29) is 12.0 Å². The smallest absolute Gasteiger partial charge is 0.255 e. The number of carbonyl (C=O) groups is 1. The Balaban J connectivity index is 2.09. The third-order valence-corrected chi connectivity index (χ3v) is 2.53. The van der Waals surface area contributed by atoms with Crippen molar-refractivity contribution in [2.24, 2.45) is 0 Å². The van der Waals surface area contributed by atoms with Crippen LogP contribution in [0.4, 0.5) is 0 Å². The van der Waals surface area contributed by atoms with E-state index in [9.17, 15) is 4.79 Å². The average molecular weight is 242 g/mol. The first-order valence-electron chi connectivity index (χ1n) is 4.94. The van der Waals surface area contributed by atoms with Gasteiger partial charge in [0, 0.05) is 11.6 Å². The van der Waals surface area contributed by atoms with Crippen LogP contribution in [-0.2, 0) is 4.74 Å². The Labute approximate surface area is 98.5 Å². The minimum Gasteiger partial charge on any atom is -0.496 e. The van der Waals surface area contributed by atoms with Crippen LogP contribution in [0.25, 0.3) is 0 Å². The Morgan fingerprint density at radius 1 is 1.69 bits per heavy atom. The lowest BCUT2D eigenvalue weighted by Gasteiger charge is -2.08. The van der Waals surface area contributed by atoms with Gasteiger partial charge in [0.15, 0.2) is 0 Å². The standard InChI is InChI=1S/C11H12ClNO3/c1-15-10-3-2-7(12)4-9(10)11(14)13-5-8-6-16-8/h2-4,8H,5-6H2,1H3,(H,13,14). The predicted octanol–water partition coefficient (Wildman–Crippen LogP) is 1.48. The van der Waals surface area contributed by atoms with Gasteiger partial charge in [-0.2, -0.15) is 0 Å². The molecule has 1 aliphatic rings. The molecule has 0 spiro atoms. The number of rotatable bonds is 4. The lowest BCUT2D eigenvalue weighted by Crippen LogP contribution is -2.27. The van der Waals surface area contributed by atoms with Crippen molar-refractivity contribution in [2.75, 3.05) is 20.3 Å². The van der Waals surface area contributed by atoms with Gasteiger partial charge in [-0.05, 0) is 18.2 Å². The first-order valence-corrected chi connectivity index (χ1v) is 5.32. The molecule has 0 saturated carbocycles. The molecule has 1 atom stereocenters. The average Bonchev–Trinajstić information content (AvgIpc) is 3.09. The Morgan fingerprint density at radius 2 is 2.44 bits per heavy atom. The highest BCUT2D eigenvalue weighted by molar-refractivity contribution is 6.31. The second kappa shape index (κ2) is 4.72. The molecule has 0 radical (unpaired) electrons. The summed E-state index contributed by atoms with van der Waals surface area (Å²) in [6.07, 6.45) is 0.161. The second-order valence-corrected chi connectivity index (χ2v) is 3.95. The minimum atomic E-state index is -0.199. The lowest BCUT2D eigenvalue weighted by atomic mass is 10.2. The number of halogens is 1. The van der Waals surface area contributed by atoms with Crippen LogP contribution in [-0.4, -0.2) is 32.3 Å². The van der Waals surface area contributed by atoms with Gasteiger partial charge in [0.05, 0.1) is 25.4 Å². The molecule has 1 heterocycles. The van der Waals surface area contributed by atoms with E-state index >= 15 is 0 Å². The molecule has 0 aromatic heterocycles. The fourth-order valence-electron chi connectivity index (χ4n) is 1.35. The molecule has 2 rings (SSSR count). The molecular weight excluding hydrogens is 230 g/mol. The third kappa shape index (κ3) is 2.65. The number of carbonyl (C=O) groups excluding carboxylic acids is 1. The topological polar surface area (TPSA) is 50.9 Å². The Morgan fingerprint density at radius 3 is 3.06 bits per heavy atom. The molecule has 86 valence electrons. The van der Waals surface area contributed by atoms with Crippen molar-refractivity contribution < 1.29 is 14.3 Å². The molecule has 1 aromatic rings. The summed E-state index contributed by atoms with van der Waals surface area (Å²) in [4.78, 5) is 11.8. The molecule has 1 aliphatic heterocycles. The van der Waals surface area contributed by atoms with Crippen LogP contribution in [0.2, 0.25) is 5.02 Å². The van der Waals surface area contributed by atoms with E-state index in [1.165, 1.54) is 7.11 Å². The second-order valence-electron chi connectivity index (χ2n) is 3.51. The SMILES string of the molecule is COc1ccc(Cl)cc1C(=O)NCC1CO1. The van der Waals surface area contributed by atoms with Crippen molar-refractivity contribution in [3.05, 3.63) is 28.8 Å². The van der Waals surface area contributed by atoms with Crippen molar-refractivity contribution in [3.8, 4) is 5.75 Å². The number of hydrogen-bond donors (Lipinski definition) is 1. The maximum Gasteiger partial charge on any atom is 0.255 e. The Hall–Kier alpha value is -1.26. The molecule has 1 amide bonds. The van der Waals surface area contributed by atoms with Gasteiger partial charge in [0.1, 0.15) is 5.75 Å². The summed E-state index contributed by atoms with van der Waals surface area (Å²) in [6, 6.07) is 4.94. The number of nitrogens with one attached hydrogen (secondary N) is 1. The van der Waals surface area contributed by atoms with Gasteiger partial charge in [-0.25, -0.2) is 0 Å². The van der Waals surface area contributed by atoms with E-state index in [2.05, 4.69) is 5.32 Å². The van der Waals surface area contributed by atoms with Crippen molar-refractivity contribution in [1.82, 2.24) is 5.32 Å². The molecule has 5 heteroatoms. The normalized spacial score (nSPS) is 18.0. The molecule has 1 unspecified atom stereocenters. The van der Waals surface area contributed by atoms with Crippen molar-refractivity contribution in [3.63, 3.8) is 0 Å². The summed E-state index contributed by atoms with van der Waals surface area (Å²) in [6.45, 7) is 1.24. The quantitative estimate of drug-likeness (QED) is 0.813. The van der Waals surface area contributed by atoms with E-state index in [1.54, 1.807) is 18.2 Å². The van der Waals surface area contributed by atoms with Crippen LogP contribution in [0, 0.1) is 0 Å². The molecule has 1 aromatic carbocycles. The summed E-state index contributed by atoms with van der Waals surface area (Å²) in [5.74, 6) is 0.313. The Bertz CT molecular complexity index is 404. The molecule has 4 nitrogen and oxygen atoms in total. The molecular formula is C11H12ClNO3. The Kier molecular flexibility index (Phi) is 3.31. The predicted molar refractivity (Wildman–Crippen MR) is 60.1 cm³/mol. The fourth-order valence-corrected chi connectivity index (χ4v) is 1.52. The van der Waals surface area contributed by atoms with Gasteiger partial charge in [0.25, 0.3) is 5.91 Å². The maximum atomic E-state index is 11.8. The summed E-state index contributed by atoms with van der Waals surface area (Å²) in [5.41, 5.74) is 0.440. The van der Waals surface area contributed by atoms with Gasteiger partial charge in [-0.1, -0.05) is 11.6 Å². The van der Waals surface area contributed by atoms with E-state index in [4.69, 9.17) is 21.1 Å². The first-order chi connectivity index (χ1) is 7.70. The highest BCUT2D eigenvalue weighted by atomic mass is 35.5. The molecule has 1 N–H and O–H groups in total. The zero-order valence-corrected chi connectivity index (χ0v) is 9.58. The summed E-state index contributed by atoms with van der Waals surface area (Å²) >= 11 is 5.83. The van der Waals surface area contributed by atoms with Crippen LogP contribution >= 0.6 is 11.6 Å². The number of benzene rings is 1. The molecule has 0 bridgehead atoms. The fraction of sp³-hybridized carbons (Fsp3) is 0.364. The first kappa shape index (κ1) is 11.2. The highest BCUT2D eigenvalue weighted by Gasteiger charge is 2.23. The largest absolute Gasteiger partial charge is 0.496 e. The number of amides is 1. The minimum absolute atomic E-state index is 0.161. The molecule has 0 aliphatic carbocycles. The zero-order chi connectivity index (χ0) is 11.5. The van der Waals surface area contributed by atoms with Crippen LogP contribution in [0.3, 0.4) is 0 Å². The van der Waals surface area contributed by atoms with E-state index < -0.39 is 0 Å². The number of methoxy groups -OCH3 is 1. The highest BCUT2D eigenvalue weighted by Crippen LogP contribution is 2.22. The van der Waals surface area contributed by atoms with Gasteiger partial charge in [-0.3, -0.25) is 4.79 Å². The third-order valence-electron chi connectivity index (χ3n) is 2.30. The monoisotopic (exact) mass is 241 g/mol. The van der Waals surface area contributed by atoms with Crippen molar-refractivity contribution in [2.45, 2.75) is 6.10 Å². The van der Waals surface area contributed by atoms with Crippen LogP contribution in [0.15, 0.2) is 18.2 Å². The van der Waals surface area contributed by atoms with E-state index in [0.717, 1.165) is 0 Å². The number of epoxide rings is 1. The van der Waals surface area contributed by atoms with Gasteiger partial charge >= 0.3 is 0 Å². The van der Waals surface area contributed by atoms with Gasteiger partial charge < -0.3 is 14.8 Å².